The first kappa shape index (κ1) is 22.6. The van der Waals surface area contributed by atoms with Gasteiger partial charge in [-0.25, -0.2) is 4.98 Å². The minimum Gasteiger partial charge on any atom is -0.497 e. The lowest BCUT2D eigenvalue weighted by atomic mass is 10.1. The van der Waals surface area contributed by atoms with Crippen LogP contribution in [0, 0.1) is 0 Å². The minimum absolute atomic E-state index is 0.299. The highest BCUT2D eigenvalue weighted by Gasteiger charge is 2.24. The third-order valence-corrected chi connectivity index (χ3v) is 6.68. The van der Waals surface area contributed by atoms with Gasteiger partial charge in [0.2, 0.25) is 0 Å². The number of hydrogen-bond donors (Lipinski definition) is 2. The fourth-order valence-corrected chi connectivity index (χ4v) is 4.65. The second-order valence-corrected chi connectivity index (χ2v) is 8.89. The standard InChI is InChI=1S/C23H35N5OS/c1-17(2)22-27-19(16-30-22)10-11-25-23(24-3)26-15-21(28-12-5-6-13-28)18-8-7-9-20(14-18)29-4/h7-9,14,16-17,21H,5-6,10-13,15H2,1-4H3,(H2,24,25,26). The molecule has 1 atom stereocenters. The Morgan fingerprint density at radius 2 is 2.07 bits per heavy atom. The molecule has 0 saturated carbocycles. The van der Waals surface area contributed by atoms with Crippen LogP contribution in [-0.2, 0) is 6.42 Å². The summed E-state index contributed by atoms with van der Waals surface area (Å²) in [5.74, 6) is 2.23. The van der Waals surface area contributed by atoms with Gasteiger partial charge in [-0.3, -0.25) is 9.89 Å². The molecule has 1 aliphatic rings. The van der Waals surface area contributed by atoms with Gasteiger partial charge < -0.3 is 15.4 Å². The predicted molar refractivity (Wildman–Crippen MR) is 126 cm³/mol. The Kier molecular flexibility index (Phi) is 8.51. The van der Waals surface area contributed by atoms with Crippen molar-refractivity contribution < 1.29 is 4.74 Å². The Morgan fingerprint density at radius 1 is 1.27 bits per heavy atom. The highest BCUT2D eigenvalue weighted by Crippen LogP contribution is 2.27. The van der Waals surface area contributed by atoms with Crippen molar-refractivity contribution in [1.82, 2.24) is 20.5 Å². The van der Waals surface area contributed by atoms with Gasteiger partial charge in [0, 0.05) is 37.9 Å². The van der Waals surface area contributed by atoms with Gasteiger partial charge in [0.05, 0.1) is 23.9 Å². The molecule has 2 aromatic rings. The Labute approximate surface area is 184 Å². The van der Waals surface area contributed by atoms with Crippen molar-refractivity contribution in [1.29, 1.82) is 0 Å². The van der Waals surface area contributed by atoms with Crippen molar-refractivity contribution in [2.24, 2.45) is 4.99 Å². The monoisotopic (exact) mass is 429 g/mol. The fraction of sp³-hybridized carbons (Fsp3) is 0.565. The third kappa shape index (κ3) is 6.19. The number of likely N-dealkylation sites (tertiary alicyclic amines) is 1. The van der Waals surface area contributed by atoms with Crippen LogP contribution in [0.3, 0.4) is 0 Å². The number of thiazole rings is 1. The molecular formula is C23H35N5OS. The molecule has 1 aliphatic heterocycles. The van der Waals surface area contributed by atoms with Crippen LogP contribution in [0.15, 0.2) is 34.6 Å². The number of ether oxygens (including phenoxy) is 1. The number of nitrogens with one attached hydrogen (secondary N) is 2. The predicted octanol–water partition coefficient (Wildman–Crippen LogP) is 3.82. The topological polar surface area (TPSA) is 61.8 Å². The normalized spacial score (nSPS) is 16.1. The molecule has 0 amide bonds. The Hall–Kier alpha value is -2.12. The van der Waals surface area contributed by atoms with Crippen LogP contribution in [0.2, 0.25) is 0 Å². The van der Waals surface area contributed by atoms with Crippen LogP contribution < -0.4 is 15.4 Å². The van der Waals surface area contributed by atoms with E-state index >= 15 is 0 Å². The van der Waals surface area contributed by atoms with Gasteiger partial charge in [-0.1, -0.05) is 26.0 Å². The van der Waals surface area contributed by atoms with E-state index in [1.165, 1.54) is 23.4 Å². The van der Waals surface area contributed by atoms with Crippen molar-refractivity contribution in [3.05, 3.63) is 45.9 Å². The highest BCUT2D eigenvalue weighted by molar-refractivity contribution is 7.09. The maximum atomic E-state index is 5.45. The first-order chi connectivity index (χ1) is 14.6. The number of aromatic nitrogens is 1. The molecule has 0 aliphatic carbocycles. The Balaban J connectivity index is 1.56. The SMILES string of the molecule is CN=C(NCCc1csc(C(C)C)n1)NCC(c1cccc(OC)c1)N1CCCC1. The van der Waals surface area contributed by atoms with Crippen molar-refractivity contribution in [3.8, 4) is 5.75 Å². The largest absolute Gasteiger partial charge is 0.497 e. The first-order valence-electron chi connectivity index (χ1n) is 10.9. The van der Waals surface area contributed by atoms with E-state index in [9.17, 15) is 0 Å². The lowest BCUT2D eigenvalue weighted by Gasteiger charge is -2.29. The zero-order valence-electron chi connectivity index (χ0n) is 18.6. The molecule has 1 fully saturated rings. The van der Waals surface area contributed by atoms with Crippen LogP contribution in [0.4, 0.5) is 0 Å². The summed E-state index contributed by atoms with van der Waals surface area (Å²) in [6.45, 7) is 8.27. The lowest BCUT2D eigenvalue weighted by molar-refractivity contribution is 0.245. The molecule has 0 radical (unpaired) electrons. The van der Waals surface area contributed by atoms with Gasteiger partial charge in [0.15, 0.2) is 5.96 Å². The van der Waals surface area contributed by atoms with E-state index in [0.717, 1.165) is 50.0 Å². The second-order valence-electron chi connectivity index (χ2n) is 8.00. The molecular weight excluding hydrogens is 394 g/mol. The molecule has 6 nitrogen and oxygen atoms in total. The first-order valence-corrected chi connectivity index (χ1v) is 11.8. The average molecular weight is 430 g/mol. The van der Waals surface area contributed by atoms with Crippen molar-refractivity contribution in [2.75, 3.05) is 40.3 Å². The number of benzene rings is 1. The molecule has 3 rings (SSSR count). The summed E-state index contributed by atoms with van der Waals surface area (Å²) in [4.78, 5) is 11.7. The maximum Gasteiger partial charge on any atom is 0.191 e. The van der Waals surface area contributed by atoms with Gasteiger partial charge in [-0.15, -0.1) is 11.3 Å². The van der Waals surface area contributed by atoms with E-state index in [4.69, 9.17) is 9.72 Å². The van der Waals surface area contributed by atoms with Crippen molar-refractivity contribution in [2.45, 2.75) is 45.1 Å². The zero-order chi connectivity index (χ0) is 21.3. The summed E-state index contributed by atoms with van der Waals surface area (Å²) in [6.07, 6.45) is 3.42. The van der Waals surface area contributed by atoms with Gasteiger partial charge in [0.25, 0.3) is 0 Å². The third-order valence-electron chi connectivity index (χ3n) is 5.48. The number of rotatable bonds is 9. The van der Waals surface area contributed by atoms with Crippen LogP contribution in [0.5, 0.6) is 5.75 Å². The molecule has 1 saturated heterocycles. The highest BCUT2D eigenvalue weighted by atomic mass is 32.1. The summed E-state index contributed by atoms with van der Waals surface area (Å²) in [7, 11) is 3.55. The number of aliphatic imine (C=N–C) groups is 1. The van der Waals surface area contributed by atoms with E-state index in [1.807, 2.05) is 13.1 Å². The molecule has 1 unspecified atom stereocenters. The summed E-state index contributed by atoms with van der Waals surface area (Å²) >= 11 is 1.75. The van der Waals surface area contributed by atoms with E-state index in [1.54, 1.807) is 18.4 Å². The summed E-state index contributed by atoms with van der Waals surface area (Å²) < 4.78 is 5.45. The summed E-state index contributed by atoms with van der Waals surface area (Å²) in [5.41, 5.74) is 2.43. The second kappa shape index (κ2) is 11.3. The van der Waals surface area contributed by atoms with Crippen molar-refractivity contribution in [3.63, 3.8) is 0 Å². The van der Waals surface area contributed by atoms with E-state index in [-0.39, 0.29) is 0 Å². The van der Waals surface area contributed by atoms with E-state index < -0.39 is 0 Å². The van der Waals surface area contributed by atoms with E-state index in [0.29, 0.717) is 12.0 Å². The molecule has 2 heterocycles. The van der Waals surface area contributed by atoms with Crippen LogP contribution >= 0.6 is 11.3 Å². The number of guanidine groups is 1. The molecule has 1 aromatic heterocycles. The van der Waals surface area contributed by atoms with Gasteiger partial charge >= 0.3 is 0 Å². The Morgan fingerprint density at radius 3 is 2.73 bits per heavy atom. The number of hydrogen-bond acceptors (Lipinski definition) is 5. The molecule has 0 spiro atoms. The number of nitrogens with zero attached hydrogens (tertiary/aromatic N) is 3. The maximum absolute atomic E-state index is 5.45. The van der Waals surface area contributed by atoms with Gasteiger partial charge in [-0.05, 0) is 43.6 Å². The van der Waals surface area contributed by atoms with Crippen LogP contribution in [0.25, 0.3) is 0 Å². The molecule has 2 N–H and O–H groups in total. The minimum atomic E-state index is 0.299. The molecule has 164 valence electrons. The lowest BCUT2D eigenvalue weighted by Crippen LogP contribution is -2.43. The average Bonchev–Trinajstić information content (AvgIpc) is 3.45. The number of methoxy groups -OCH3 is 1. The molecule has 30 heavy (non-hydrogen) atoms. The zero-order valence-corrected chi connectivity index (χ0v) is 19.5. The Bertz CT molecular complexity index is 813. The summed E-state index contributed by atoms with van der Waals surface area (Å²) in [5, 5.41) is 10.3. The van der Waals surface area contributed by atoms with Gasteiger partial charge in [0.1, 0.15) is 5.75 Å². The van der Waals surface area contributed by atoms with Crippen molar-refractivity contribution >= 4 is 17.3 Å². The summed E-state index contributed by atoms with van der Waals surface area (Å²) in [6, 6.07) is 8.71. The van der Waals surface area contributed by atoms with Crippen LogP contribution in [0.1, 0.15) is 54.9 Å². The molecule has 0 bridgehead atoms. The smallest absolute Gasteiger partial charge is 0.191 e. The fourth-order valence-electron chi connectivity index (χ4n) is 3.79. The van der Waals surface area contributed by atoms with E-state index in [2.05, 4.69) is 58.0 Å². The van der Waals surface area contributed by atoms with Gasteiger partial charge in [-0.2, -0.15) is 0 Å². The quantitative estimate of drug-likeness (QED) is 0.469. The van der Waals surface area contributed by atoms with Crippen LogP contribution in [-0.4, -0.2) is 56.2 Å². The molecule has 1 aromatic carbocycles. The molecule has 7 heteroatoms.